The average Bonchev–Trinajstić information content (AvgIpc) is 3.22. The number of ether oxygens (including phenoxy) is 1. The normalized spacial score (nSPS) is 23.0. The second kappa shape index (κ2) is 7.86. The Hall–Kier alpha value is -2.49. The number of benzene rings is 2. The van der Waals surface area contributed by atoms with E-state index in [-0.39, 0.29) is 23.9 Å². The third-order valence-corrected chi connectivity index (χ3v) is 6.21. The molecule has 0 spiro atoms. The van der Waals surface area contributed by atoms with Crippen LogP contribution in [0.3, 0.4) is 0 Å². The van der Waals surface area contributed by atoms with Gasteiger partial charge in [0.05, 0.1) is 0 Å². The Balaban J connectivity index is 1.53. The number of cyclic esters (lactones) is 1. The molecule has 0 radical (unpaired) electrons. The number of ketones is 1. The molecule has 146 valence electrons. The molecule has 1 aliphatic carbocycles. The van der Waals surface area contributed by atoms with E-state index < -0.39 is 11.6 Å². The smallest absolute Gasteiger partial charge is 0.313 e. The van der Waals surface area contributed by atoms with Crippen LogP contribution >= 0.6 is 0 Å². The van der Waals surface area contributed by atoms with E-state index in [0.717, 1.165) is 36.8 Å². The summed E-state index contributed by atoms with van der Waals surface area (Å²) in [6, 6.07) is 14.8. The highest BCUT2D eigenvalue weighted by atomic mass is 19.1. The summed E-state index contributed by atoms with van der Waals surface area (Å²) in [6.45, 7) is 0. The minimum atomic E-state index is -0.711. The van der Waals surface area contributed by atoms with Gasteiger partial charge in [-0.05, 0) is 48.8 Å². The molecule has 1 aliphatic heterocycles. The summed E-state index contributed by atoms with van der Waals surface area (Å²) in [6.07, 6.45) is 5.53. The second-order valence-corrected chi connectivity index (χ2v) is 8.09. The Labute approximate surface area is 164 Å². The number of carbonyl (C=O) groups excluding carboxylic acids is 2. The van der Waals surface area contributed by atoms with Crippen molar-refractivity contribution in [3.05, 3.63) is 59.9 Å². The van der Waals surface area contributed by atoms with E-state index in [1.54, 1.807) is 12.1 Å². The van der Waals surface area contributed by atoms with Gasteiger partial charge in [-0.15, -0.1) is 0 Å². The van der Waals surface area contributed by atoms with E-state index in [1.807, 2.05) is 36.4 Å². The Morgan fingerprint density at radius 1 is 1.04 bits per heavy atom. The van der Waals surface area contributed by atoms with E-state index in [0.29, 0.717) is 24.8 Å². The number of carbonyl (C=O) groups is 2. The Morgan fingerprint density at radius 3 is 2.46 bits per heavy atom. The van der Waals surface area contributed by atoms with Crippen LogP contribution in [0, 0.1) is 11.7 Å². The summed E-state index contributed by atoms with van der Waals surface area (Å²) in [4.78, 5) is 24.2. The number of hydrogen-bond donors (Lipinski definition) is 0. The average molecular weight is 380 g/mol. The Bertz CT molecular complexity index is 853. The number of hydrogen-bond acceptors (Lipinski definition) is 3. The molecule has 2 aromatic rings. The first-order chi connectivity index (χ1) is 13.6. The molecule has 28 heavy (non-hydrogen) atoms. The molecule has 1 saturated carbocycles. The van der Waals surface area contributed by atoms with Crippen LogP contribution in [0.15, 0.2) is 48.5 Å². The van der Waals surface area contributed by atoms with Gasteiger partial charge in [0.15, 0.2) is 0 Å². The summed E-state index contributed by atoms with van der Waals surface area (Å²) >= 11 is 0. The molecule has 1 heterocycles. The summed E-state index contributed by atoms with van der Waals surface area (Å²) < 4.78 is 20.5. The molecular formula is C24H25FO3. The van der Waals surface area contributed by atoms with Crippen LogP contribution in [0.25, 0.3) is 11.1 Å². The monoisotopic (exact) mass is 380 g/mol. The van der Waals surface area contributed by atoms with Crippen LogP contribution in [0.1, 0.15) is 50.5 Å². The minimum absolute atomic E-state index is 0.0336. The van der Waals surface area contributed by atoms with Gasteiger partial charge in [0.1, 0.15) is 23.6 Å². The Morgan fingerprint density at radius 2 is 1.79 bits per heavy atom. The highest BCUT2D eigenvalue weighted by Crippen LogP contribution is 2.44. The fourth-order valence-corrected chi connectivity index (χ4v) is 4.80. The first-order valence-corrected chi connectivity index (χ1v) is 10.1. The topological polar surface area (TPSA) is 43.4 Å². The van der Waals surface area contributed by atoms with Gasteiger partial charge in [-0.25, -0.2) is 4.39 Å². The lowest BCUT2D eigenvalue weighted by molar-refractivity contribution is -0.178. The van der Waals surface area contributed by atoms with Crippen molar-refractivity contribution in [3.8, 4) is 11.1 Å². The summed E-state index contributed by atoms with van der Waals surface area (Å²) in [5, 5.41) is 0. The lowest BCUT2D eigenvalue weighted by atomic mass is 9.76. The quantitative estimate of drug-likeness (QED) is 0.525. The summed E-state index contributed by atoms with van der Waals surface area (Å²) in [7, 11) is 0. The van der Waals surface area contributed by atoms with Crippen molar-refractivity contribution in [2.75, 3.05) is 0 Å². The van der Waals surface area contributed by atoms with Gasteiger partial charge in [0.2, 0.25) is 0 Å². The maximum Gasteiger partial charge on any atom is 0.313 e. The fraction of sp³-hybridized carbons (Fsp3) is 0.417. The van der Waals surface area contributed by atoms with Crippen molar-refractivity contribution in [1.82, 2.24) is 0 Å². The molecule has 2 aliphatic rings. The van der Waals surface area contributed by atoms with Crippen LogP contribution in [-0.4, -0.2) is 17.4 Å². The summed E-state index contributed by atoms with van der Waals surface area (Å²) in [5.74, 6) is -0.466. The van der Waals surface area contributed by atoms with E-state index in [2.05, 4.69) is 0 Å². The van der Waals surface area contributed by atoms with Crippen molar-refractivity contribution in [1.29, 1.82) is 0 Å². The van der Waals surface area contributed by atoms with Gasteiger partial charge in [0, 0.05) is 12.0 Å². The molecule has 0 N–H and O–H groups in total. The van der Waals surface area contributed by atoms with Crippen molar-refractivity contribution < 1.29 is 18.7 Å². The first-order valence-electron chi connectivity index (χ1n) is 10.1. The van der Waals surface area contributed by atoms with Gasteiger partial charge in [-0.1, -0.05) is 55.3 Å². The van der Waals surface area contributed by atoms with Gasteiger partial charge in [-0.2, -0.15) is 0 Å². The number of esters is 1. The molecule has 2 fully saturated rings. The number of rotatable bonds is 5. The zero-order chi connectivity index (χ0) is 19.6. The fourth-order valence-electron chi connectivity index (χ4n) is 4.80. The highest BCUT2D eigenvalue weighted by molar-refractivity contribution is 5.98. The SMILES string of the molecule is O=C1CC(=O)OC(CCc2ccc(-c3ccccc3)c(F)c2)(C2CCCC2)C1. The van der Waals surface area contributed by atoms with Crippen LogP contribution in [0.4, 0.5) is 4.39 Å². The van der Waals surface area contributed by atoms with Crippen LogP contribution in [0.5, 0.6) is 0 Å². The molecule has 0 aromatic heterocycles. The maximum absolute atomic E-state index is 14.7. The predicted octanol–water partition coefficient (Wildman–Crippen LogP) is 5.26. The molecule has 1 atom stereocenters. The number of Topliss-reactive ketones (excluding diaryl/α,β-unsaturated/α-hetero) is 1. The van der Waals surface area contributed by atoms with Gasteiger partial charge >= 0.3 is 5.97 Å². The molecule has 0 amide bonds. The molecule has 2 aromatic carbocycles. The lowest BCUT2D eigenvalue weighted by Crippen LogP contribution is -2.48. The third kappa shape index (κ3) is 3.87. The highest BCUT2D eigenvalue weighted by Gasteiger charge is 2.47. The lowest BCUT2D eigenvalue weighted by Gasteiger charge is -2.41. The standard InChI is InChI=1S/C24H25FO3/c25-22-14-17(10-11-21(22)18-6-2-1-3-7-18)12-13-24(19-8-4-5-9-19)16-20(26)15-23(27)28-24/h1-3,6-7,10-11,14,19H,4-5,8-9,12-13,15-16H2. The maximum atomic E-state index is 14.7. The number of halogens is 1. The van der Waals surface area contributed by atoms with E-state index in [9.17, 15) is 14.0 Å². The van der Waals surface area contributed by atoms with E-state index in [4.69, 9.17) is 4.74 Å². The number of aryl methyl sites for hydroxylation is 1. The second-order valence-electron chi connectivity index (χ2n) is 8.09. The molecule has 0 bridgehead atoms. The first kappa shape index (κ1) is 18.9. The molecular weight excluding hydrogens is 355 g/mol. The summed E-state index contributed by atoms with van der Waals surface area (Å²) in [5.41, 5.74) is 1.58. The van der Waals surface area contributed by atoms with Crippen LogP contribution in [-0.2, 0) is 20.7 Å². The zero-order valence-corrected chi connectivity index (χ0v) is 16.0. The van der Waals surface area contributed by atoms with Crippen molar-refractivity contribution in [3.63, 3.8) is 0 Å². The molecule has 3 nitrogen and oxygen atoms in total. The minimum Gasteiger partial charge on any atom is -0.458 e. The van der Waals surface area contributed by atoms with Gasteiger partial charge in [-0.3, -0.25) is 9.59 Å². The molecule has 4 heteroatoms. The molecule has 1 saturated heterocycles. The zero-order valence-electron chi connectivity index (χ0n) is 16.0. The predicted molar refractivity (Wildman–Crippen MR) is 105 cm³/mol. The largest absolute Gasteiger partial charge is 0.458 e. The molecule has 4 rings (SSSR count). The van der Waals surface area contributed by atoms with Crippen molar-refractivity contribution >= 4 is 11.8 Å². The van der Waals surface area contributed by atoms with E-state index in [1.165, 1.54) is 0 Å². The van der Waals surface area contributed by atoms with Crippen molar-refractivity contribution in [2.24, 2.45) is 5.92 Å². The van der Waals surface area contributed by atoms with Crippen LogP contribution in [0.2, 0.25) is 0 Å². The van der Waals surface area contributed by atoms with Gasteiger partial charge in [0.25, 0.3) is 0 Å². The Kier molecular flexibility index (Phi) is 5.29. The van der Waals surface area contributed by atoms with E-state index >= 15 is 0 Å². The van der Waals surface area contributed by atoms with Crippen molar-refractivity contribution in [2.45, 2.75) is 57.0 Å². The third-order valence-electron chi connectivity index (χ3n) is 6.21. The van der Waals surface area contributed by atoms with Crippen LogP contribution < -0.4 is 0 Å². The molecule has 1 unspecified atom stereocenters. The van der Waals surface area contributed by atoms with Gasteiger partial charge < -0.3 is 4.74 Å².